The van der Waals surface area contributed by atoms with Crippen molar-refractivity contribution < 1.29 is 0 Å². The number of aromatic nitrogens is 2. The van der Waals surface area contributed by atoms with Crippen molar-refractivity contribution in [2.45, 2.75) is 38.6 Å². The molecule has 0 N–H and O–H groups in total. The van der Waals surface area contributed by atoms with Gasteiger partial charge in [0, 0.05) is 30.5 Å². The van der Waals surface area contributed by atoms with Crippen LogP contribution in [0.3, 0.4) is 0 Å². The van der Waals surface area contributed by atoms with Crippen LogP contribution in [0.1, 0.15) is 32.0 Å². The first-order valence-corrected chi connectivity index (χ1v) is 6.25. The van der Waals surface area contributed by atoms with Gasteiger partial charge in [0.05, 0.1) is 0 Å². The van der Waals surface area contributed by atoms with E-state index in [1.807, 2.05) is 0 Å². The lowest BCUT2D eigenvalue weighted by Gasteiger charge is -2.25. The number of piperidine rings is 1. The van der Waals surface area contributed by atoms with Crippen molar-refractivity contribution >= 4 is 16.7 Å². The van der Waals surface area contributed by atoms with Crippen LogP contribution >= 0.6 is 11.5 Å². The third-order valence-electron chi connectivity index (χ3n) is 3.28. The average Bonchev–Trinajstić information content (AvgIpc) is 2.86. The summed E-state index contributed by atoms with van der Waals surface area (Å²) in [6, 6.07) is 0.807. The number of hydrogen-bond donors (Lipinski definition) is 0. The average molecular weight is 209 g/mol. The highest BCUT2D eigenvalue weighted by Gasteiger charge is 2.45. The zero-order valence-electron chi connectivity index (χ0n) is 8.44. The Hall–Kier alpha value is -0.640. The van der Waals surface area contributed by atoms with Crippen LogP contribution in [0.4, 0.5) is 5.13 Å². The van der Waals surface area contributed by atoms with E-state index >= 15 is 0 Å². The Morgan fingerprint density at radius 3 is 3.29 bits per heavy atom. The summed E-state index contributed by atoms with van der Waals surface area (Å²) in [6.07, 6.45) is 5.11. The fourth-order valence-electron chi connectivity index (χ4n) is 2.36. The highest BCUT2D eigenvalue weighted by Crippen LogP contribution is 2.45. The third kappa shape index (κ3) is 1.32. The largest absolute Gasteiger partial charge is 0.344 e. The van der Waals surface area contributed by atoms with Gasteiger partial charge in [-0.1, -0.05) is 6.92 Å². The van der Waals surface area contributed by atoms with Crippen LogP contribution < -0.4 is 4.90 Å². The molecule has 2 heterocycles. The highest BCUT2D eigenvalue weighted by molar-refractivity contribution is 7.09. The molecule has 76 valence electrons. The Morgan fingerprint density at radius 1 is 1.57 bits per heavy atom. The predicted molar refractivity (Wildman–Crippen MR) is 57.8 cm³/mol. The van der Waals surface area contributed by atoms with E-state index in [0.29, 0.717) is 0 Å². The van der Waals surface area contributed by atoms with Gasteiger partial charge in [0.25, 0.3) is 0 Å². The van der Waals surface area contributed by atoms with Gasteiger partial charge in [-0.15, -0.1) is 0 Å². The fourth-order valence-corrected chi connectivity index (χ4v) is 3.19. The number of fused-ring (bicyclic) bond motifs is 1. The minimum absolute atomic E-state index is 0.807. The molecule has 0 unspecified atom stereocenters. The third-order valence-corrected chi connectivity index (χ3v) is 4.07. The van der Waals surface area contributed by atoms with Crippen LogP contribution in [0.5, 0.6) is 0 Å². The van der Waals surface area contributed by atoms with Crippen LogP contribution in [0.15, 0.2) is 0 Å². The molecule has 1 saturated carbocycles. The van der Waals surface area contributed by atoms with Crippen LogP contribution in [0.25, 0.3) is 0 Å². The molecule has 2 fully saturated rings. The summed E-state index contributed by atoms with van der Waals surface area (Å²) in [7, 11) is 0. The van der Waals surface area contributed by atoms with E-state index in [1.54, 1.807) is 11.5 Å². The summed E-state index contributed by atoms with van der Waals surface area (Å²) < 4.78 is 4.35. The van der Waals surface area contributed by atoms with Crippen molar-refractivity contribution in [1.82, 2.24) is 9.36 Å². The minimum Gasteiger partial charge on any atom is -0.344 e. The van der Waals surface area contributed by atoms with E-state index in [1.165, 1.54) is 25.8 Å². The zero-order valence-corrected chi connectivity index (χ0v) is 9.26. The van der Waals surface area contributed by atoms with E-state index in [9.17, 15) is 0 Å². The first-order valence-electron chi connectivity index (χ1n) is 5.47. The van der Waals surface area contributed by atoms with E-state index in [2.05, 4.69) is 21.2 Å². The maximum Gasteiger partial charge on any atom is 0.205 e. The number of nitrogens with zero attached hydrogens (tertiary/aromatic N) is 3. The first-order chi connectivity index (χ1) is 6.88. The van der Waals surface area contributed by atoms with Crippen molar-refractivity contribution in [3.8, 4) is 0 Å². The van der Waals surface area contributed by atoms with E-state index in [4.69, 9.17) is 0 Å². The van der Waals surface area contributed by atoms with Gasteiger partial charge in [-0.3, -0.25) is 0 Å². The van der Waals surface area contributed by atoms with Crippen molar-refractivity contribution in [2.24, 2.45) is 5.92 Å². The van der Waals surface area contributed by atoms with E-state index in [0.717, 1.165) is 29.3 Å². The number of rotatable bonds is 2. The summed E-state index contributed by atoms with van der Waals surface area (Å²) in [5.74, 6) is 1.98. The SMILES string of the molecule is CCc1nsc(N2CCC[C@H]3C[C@H]32)n1. The van der Waals surface area contributed by atoms with Crippen LogP contribution in [-0.4, -0.2) is 21.9 Å². The first kappa shape index (κ1) is 8.65. The van der Waals surface area contributed by atoms with Crippen LogP contribution in [-0.2, 0) is 6.42 Å². The van der Waals surface area contributed by atoms with Crippen molar-refractivity contribution in [3.63, 3.8) is 0 Å². The molecule has 0 bridgehead atoms. The lowest BCUT2D eigenvalue weighted by atomic mass is 10.1. The smallest absolute Gasteiger partial charge is 0.205 e. The van der Waals surface area contributed by atoms with E-state index in [-0.39, 0.29) is 0 Å². The van der Waals surface area contributed by atoms with Crippen LogP contribution in [0, 0.1) is 5.92 Å². The molecule has 4 heteroatoms. The van der Waals surface area contributed by atoms with Gasteiger partial charge in [0.15, 0.2) is 0 Å². The molecule has 1 saturated heterocycles. The maximum atomic E-state index is 4.56. The zero-order chi connectivity index (χ0) is 9.54. The Bertz CT molecular complexity index is 336. The molecule has 0 radical (unpaired) electrons. The Balaban J connectivity index is 1.80. The normalized spacial score (nSPS) is 30.2. The molecular formula is C10H15N3S. The highest BCUT2D eigenvalue weighted by atomic mass is 32.1. The topological polar surface area (TPSA) is 29.0 Å². The molecule has 3 nitrogen and oxygen atoms in total. The van der Waals surface area contributed by atoms with Gasteiger partial charge in [-0.25, -0.2) is 4.98 Å². The molecule has 14 heavy (non-hydrogen) atoms. The summed E-state index contributed by atoms with van der Waals surface area (Å²) in [5.41, 5.74) is 0. The lowest BCUT2D eigenvalue weighted by molar-refractivity contribution is 0.558. The Kier molecular flexibility index (Phi) is 1.97. The summed E-state index contributed by atoms with van der Waals surface area (Å²) in [4.78, 5) is 7.04. The minimum atomic E-state index is 0.807. The predicted octanol–water partition coefficient (Wildman–Crippen LogP) is 2.09. The maximum absolute atomic E-state index is 4.56. The molecule has 3 rings (SSSR count). The quantitative estimate of drug-likeness (QED) is 0.747. The van der Waals surface area contributed by atoms with Crippen molar-refractivity contribution in [3.05, 3.63) is 5.82 Å². The van der Waals surface area contributed by atoms with E-state index < -0.39 is 0 Å². The van der Waals surface area contributed by atoms with Gasteiger partial charge in [0.2, 0.25) is 5.13 Å². The standard InChI is InChI=1S/C10H15N3S/c1-2-9-11-10(14-12-9)13-5-3-4-7-6-8(7)13/h7-8H,2-6H2,1H3/t7-,8+/m0/s1. The molecular weight excluding hydrogens is 194 g/mol. The number of hydrogen-bond acceptors (Lipinski definition) is 4. The number of aryl methyl sites for hydroxylation is 1. The molecule has 2 atom stereocenters. The summed E-state index contributed by atoms with van der Waals surface area (Å²) >= 11 is 1.58. The Labute approximate surface area is 88.3 Å². The molecule has 1 aromatic heterocycles. The second-order valence-electron chi connectivity index (χ2n) is 4.25. The molecule has 0 aromatic carbocycles. The molecule has 0 amide bonds. The fraction of sp³-hybridized carbons (Fsp3) is 0.800. The van der Waals surface area contributed by atoms with Crippen molar-refractivity contribution in [1.29, 1.82) is 0 Å². The molecule has 2 aliphatic rings. The van der Waals surface area contributed by atoms with Gasteiger partial charge >= 0.3 is 0 Å². The molecule has 0 spiro atoms. The van der Waals surface area contributed by atoms with Gasteiger partial charge in [-0.2, -0.15) is 4.37 Å². The van der Waals surface area contributed by atoms with Gasteiger partial charge < -0.3 is 4.90 Å². The molecule has 1 aliphatic heterocycles. The van der Waals surface area contributed by atoms with Gasteiger partial charge in [-0.05, 0) is 25.2 Å². The second kappa shape index (κ2) is 3.19. The summed E-state index contributed by atoms with van der Waals surface area (Å²) in [5, 5.41) is 1.16. The molecule has 1 aliphatic carbocycles. The van der Waals surface area contributed by atoms with Crippen LogP contribution in [0.2, 0.25) is 0 Å². The van der Waals surface area contributed by atoms with Crippen molar-refractivity contribution in [2.75, 3.05) is 11.4 Å². The van der Waals surface area contributed by atoms with Gasteiger partial charge in [0.1, 0.15) is 5.82 Å². The monoisotopic (exact) mass is 209 g/mol. The summed E-state index contributed by atoms with van der Waals surface area (Å²) in [6.45, 7) is 3.31. The number of anilines is 1. The molecule has 1 aromatic rings. The Morgan fingerprint density at radius 2 is 2.50 bits per heavy atom. The lowest BCUT2D eigenvalue weighted by Crippen LogP contribution is -2.31. The second-order valence-corrected chi connectivity index (χ2v) is 4.98.